The lowest BCUT2D eigenvalue weighted by molar-refractivity contribution is -0.136. The fraction of sp³-hybridized carbons (Fsp3) is 0.950. The summed E-state index contributed by atoms with van der Waals surface area (Å²) in [5, 5.41) is 9.00. The molecule has 0 aromatic heterocycles. The molecule has 23 heavy (non-hydrogen) atoms. The van der Waals surface area contributed by atoms with Crippen LogP contribution in [0, 0.1) is 5.92 Å². The zero-order chi connectivity index (χ0) is 17.3. The molecule has 138 valence electrons. The first-order valence-corrected chi connectivity index (χ1v) is 11.0. The van der Waals surface area contributed by atoms with Gasteiger partial charge >= 0.3 is 5.97 Å². The minimum atomic E-state index is -0.637. The molecule has 0 saturated heterocycles. The molecule has 0 aromatic carbocycles. The highest BCUT2D eigenvalue weighted by atomic mass is 32.2. The molecule has 3 heteroatoms. The molecule has 0 amide bonds. The van der Waals surface area contributed by atoms with Crippen molar-refractivity contribution >= 4 is 17.7 Å². The van der Waals surface area contributed by atoms with Gasteiger partial charge in [0.15, 0.2) is 0 Å². The zero-order valence-corrected chi connectivity index (χ0v) is 16.6. The molecular formula is C20H40O2S. The smallest absolute Gasteiger partial charge is 0.316 e. The normalized spacial score (nSPS) is 13.9. The summed E-state index contributed by atoms with van der Waals surface area (Å²) in [5.41, 5.74) is 0. The largest absolute Gasteiger partial charge is 0.480 e. The number of hydrogen-bond donors (Lipinski definition) is 1. The van der Waals surface area contributed by atoms with E-state index in [0.717, 1.165) is 18.1 Å². The second kappa shape index (κ2) is 16.7. The predicted molar refractivity (Wildman–Crippen MR) is 104 cm³/mol. The lowest BCUT2D eigenvalue weighted by Gasteiger charge is -2.19. The maximum Gasteiger partial charge on any atom is 0.316 e. The summed E-state index contributed by atoms with van der Waals surface area (Å²) in [6.07, 6.45) is 16.7. The number of thioether (sulfide) groups is 1. The molecule has 0 spiro atoms. The lowest BCUT2D eigenvalue weighted by atomic mass is 9.96. The zero-order valence-electron chi connectivity index (χ0n) is 15.8. The molecule has 0 heterocycles. The topological polar surface area (TPSA) is 37.3 Å². The molecule has 0 aliphatic heterocycles. The van der Waals surface area contributed by atoms with E-state index in [0.29, 0.717) is 0 Å². The van der Waals surface area contributed by atoms with Gasteiger partial charge in [0.05, 0.1) is 0 Å². The van der Waals surface area contributed by atoms with E-state index in [2.05, 4.69) is 13.8 Å². The SMILES string of the molecule is CCCCCCCCC(CCCCCC)CSC(CC)C(=O)O. The first-order chi connectivity index (χ1) is 11.2. The van der Waals surface area contributed by atoms with E-state index < -0.39 is 5.97 Å². The number of hydrogen-bond acceptors (Lipinski definition) is 2. The molecule has 0 saturated carbocycles. The van der Waals surface area contributed by atoms with Crippen molar-refractivity contribution in [1.82, 2.24) is 0 Å². The van der Waals surface area contributed by atoms with E-state index in [1.54, 1.807) is 11.8 Å². The molecule has 0 aliphatic carbocycles. The van der Waals surface area contributed by atoms with Crippen molar-refractivity contribution in [3.05, 3.63) is 0 Å². The Balaban J connectivity index is 4.03. The molecule has 0 radical (unpaired) electrons. The minimum absolute atomic E-state index is 0.210. The van der Waals surface area contributed by atoms with Crippen molar-refractivity contribution in [1.29, 1.82) is 0 Å². The average Bonchev–Trinajstić information content (AvgIpc) is 2.54. The van der Waals surface area contributed by atoms with Crippen LogP contribution in [0.25, 0.3) is 0 Å². The van der Waals surface area contributed by atoms with Gasteiger partial charge in [-0.05, 0) is 30.9 Å². The highest BCUT2D eigenvalue weighted by Crippen LogP contribution is 2.26. The van der Waals surface area contributed by atoms with Gasteiger partial charge in [-0.1, -0.05) is 85.0 Å². The average molecular weight is 345 g/mol. The summed E-state index contributed by atoms with van der Waals surface area (Å²) >= 11 is 1.67. The third kappa shape index (κ3) is 13.9. The lowest BCUT2D eigenvalue weighted by Crippen LogP contribution is -2.17. The molecule has 0 bridgehead atoms. The first-order valence-electron chi connectivity index (χ1n) is 10.00. The van der Waals surface area contributed by atoms with Gasteiger partial charge in [0.25, 0.3) is 0 Å². The van der Waals surface area contributed by atoms with Gasteiger partial charge in [-0.2, -0.15) is 0 Å². The van der Waals surface area contributed by atoms with Gasteiger partial charge in [0.2, 0.25) is 0 Å². The molecule has 0 aliphatic rings. The van der Waals surface area contributed by atoms with Gasteiger partial charge in [0.1, 0.15) is 5.25 Å². The summed E-state index contributed by atoms with van der Waals surface area (Å²) in [5.74, 6) is 1.12. The van der Waals surface area contributed by atoms with Crippen molar-refractivity contribution in [3.8, 4) is 0 Å². The Kier molecular flexibility index (Phi) is 16.5. The maximum absolute atomic E-state index is 11.2. The van der Waals surface area contributed by atoms with Crippen molar-refractivity contribution in [2.45, 2.75) is 109 Å². The summed E-state index contributed by atoms with van der Waals surface area (Å²) in [6.45, 7) is 6.49. The Bertz CT molecular complexity index is 268. The van der Waals surface area contributed by atoms with Crippen LogP contribution in [-0.2, 0) is 4.79 Å². The van der Waals surface area contributed by atoms with Crippen LogP contribution in [-0.4, -0.2) is 22.1 Å². The molecule has 0 aromatic rings. The molecule has 0 fully saturated rings. The Morgan fingerprint density at radius 2 is 1.30 bits per heavy atom. The van der Waals surface area contributed by atoms with E-state index in [1.807, 2.05) is 6.92 Å². The van der Waals surface area contributed by atoms with Crippen LogP contribution in [0.4, 0.5) is 0 Å². The number of carboxylic acids is 1. The quantitative estimate of drug-likeness (QED) is 0.291. The van der Waals surface area contributed by atoms with Crippen molar-refractivity contribution in [2.75, 3.05) is 5.75 Å². The van der Waals surface area contributed by atoms with E-state index in [9.17, 15) is 9.90 Å². The van der Waals surface area contributed by atoms with E-state index >= 15 is 0 Å². The second-order valence-electron chi connectivity index (χ2n) is 6.84. The third-order valence-electron chi connectivity index (χ3n) is 4.61. The van der Waals surface area contributed by atoms with Gasteiger partial charge < -0.3 is 5.11 Å². The Labute approximate surface area is 149 Å². The van der Waals surface area contributed by atoms with Crippen LogP contribution >= 0.6 is 11.8 Å². The molecule has 0 rings (SSSR count). The molecule has 1 N–H and O–H groups in total. The van der Waals surface area contributed by atoms with Crippen molar-refractivity contribution in [3.63, 3.8) is 0 Å². The number of carbonyl (C=O) groups is 1. The standard InChI is InChI=1S/C20H40O2S/c1-4-7-9-11-12-14-16-18(15-13-10-8-5-2)17-23-19(6-3)20(21)22/h18-19H,4-17H2,1-3H3,(H,21,22). The highest BCUT2D eigenvalue weighted by Gasteiger charge is 2.18. The van der Waals surface area contributed by atoms with Gasteiger partial charge in [-0.25, -0.2) is 0 Å². The van der Waals surface area contributed by atoms with Gasteiger partial charge in [0, 0.05) is 0 Å². The molecular weight excluding hydrogens is 304 g/mol. The van der Waals surface area contributed by atoms with Crippen molar-refractivity contribution < 1.29 is 9.90 Å². The minimum Gasteiger partial charge on any atom is -0.480 e. The second-order valence-corrected chi connectivity index (χ2v) is 8.08. The van der Waals surface area contributed by atoms with E-state index in [-0.39, 0.29) is 5.25 Å². The van der Waals surface area contributed by atoms with Crippen LogP contribution in [0.15, 0.2) is 0 Å². The van der Waals surface area contributed by atoms with Crippen LogP contribution in [0.1, 0.15) is 104 Å². The maximum atomic E-state index is 11.2. The van der Waals surface area contributed by atoms with Crippen LogP contribution in [0.3, 0.4) is 0 Å². The summed E-state index contributed by atoms with van der Waals surface area (Å²) in [7, 11) is 0. The monoisotopic (exact) mass is 344 g/mol. The fourth-order valence-electron chi connectivity index (χ4n) is 3.00. The van der Waals surface area contributed by atoms with E-state index in [1.165, 1.54) is 77.0 Å². The van der Waals surface area contributed by atoms with Crippen LogP contribution in [0.5, 0.6) is 0 Å². The number of unbranched alkanes of at least 4 members (excludes halogenated alkanes) is 8. The third-order valence-corrected chi connectivity index (χ3v) is 6.21. The molecule has 2 nitrogen and oxygen atoms in total. The summed E-state index contributed by atoms with van der Waals surface area (Å²) < 4.78 is 0. The summed E-state index contributed by atoms with van der Waals surface area (Å²) in [4.78, 5) is 11.2. The number of aliphatic carboxylic acids is 1. The fourth-order valence-corrected chi connectivity index (χ4v) is 4.22. The van der Waals surface area contributed by atoms with Crippen LogP contribution in [0.2, 0.25) is 0 Å². The van der Waals surface area contributed by atoms with Crippen molar-refractivity contribution in [2.24, 2.45) is 5.92 Å². The summed E-state index contributed by atoms with van der Waals surface area (Å²) in [6, 6.07) is 0. The molecule has 2 atom stereocenters. The van der Waals surface area contributed by atoms with Gasteiger partial charge in [-0.3, -0.25) is 4.79 Å². The predicted octanol–water partition coefficient (Wildman–Crippen LogP) is 6.92. The Morgan fingerprint density at radius 3 is 1.78 bits per heavy atom. The Morgan fingerprint density at radius 1 is 0.826 bits per heavy atom. The highest BCUT2D eigenvalue weighted by molar-refractivity contribution is 8.00. The van der Waals surface area contributed by atoms with E-state index in [4.69, 9.17) is 0 Å². The number of rotatable bonds is 17. The van der Waals surface area contributed by atoms with Crippen LogP contribution < -0.4 is 0 Å². The number of carboxylic acid groups (broad SMARTS) is 1. The first kappa shape index (κ1) is 22.8. The van der Waals surface area contributed by atoms with Gasteiger partial charge in [-0.15, -0.1) is 11.8 Å². The molecule has 2 unspecified atom stereocenters. The Hall–Kier alpha value is -0.180.